The fraction of sp³-hybridized carbons (Fsp3) is 0.889. The Hall–Kier alpha value is -0.690. The Morgan fingerprint density at radius 1 is 1.47 bits per heavy atom. The number of likely N-dealkylation sites (N-methyl/N-ethyl adjacent to an activating group) is 1. The predicted molar refractivity (Wildman–Crippen MR) is 55.5 cm³/mol. The molecule has 1 unspecified atom stereocenters. The number of hydrazine groups is 1. The third-order valence-electron chi connectivity index (χ3n) is 2.47. The first-order chi connectivity index (χ1) is 7.13. The maximum Gasteiger partial charge on any atom is 0.324 e. The molecule has 1 atom stereocenters. The number of aliphatic carboxylic acids is 1. The maximum atomic E-state index is 10.8. The van der Waals surface area contributed by atoms with Gasteiger partial charge in [0, 0.05) is 33.3 Å². The molecule has 0 saturated carbocycles. The first-order valence-corrected chi connectivity index (χ1v) is 5.05. The van der Waals surface area contributed by atoms with E-state index in [9.17, 15) is 4.79 Å². The van der Waals surface area contributed by atoms with Crippen molar-refractivity contribution in [3.05, 3.63) is 0 Å². The minimum Gasteiger partial charge on any atom is -0.480 e. The average Bonchev–Trinajstić information content (AvgIpc) is 2.20. The molecule has 2 N–H and O–H groups in total. The minimum absolute atomic E-state index is 0.182. The van der Waals surface area contributed by atoms with Gasteiger partial charge in [-0.3, -0.25) is 4.79 Å². The molecular formula is C9H19N3O3. The Balaban J connectivity index is 2.34. The van der Waals surface area contributed by atoms with Crippen LogP contribution in [0.4, 0.5) is 0 Å². The molecule has 0 spiro atoms. The lowest BCUT2D eigenvalue weighted by Gasteiger charge is -2.34. The molecule has 1 fully saturated rings. The van der Waals surface area contributed by atoms with Gasteiger partial charge in [-0.2, -0.15) is 0 Å². The van der Waals surface area contributed by atoms with Crippen molar-refractivity contribution in [2.24, 2.45) is 0 Å². The predicted octanol–water partition coefficient (Wildman–Crippen LogP) is -1.16. The van der Waals surface area contributed by atoms with Gasteiger partial charge in [-0.05, 0) is 7.05 Å². The highest BCUT2D eigenvalue weighted by molar-refractivity contribution is 5.73. The summed E-state index contributed by atoms with van der Waals surface area (Å²) in [4.78, 5) is 13.1. The summed E-state index contributed by atoms with van der Waals surface area (Å²) in [6.07, 6.45) is 0. The summed E-state index contributed by atoms with van der Waals surface area (Å²) in [5, 5.41) is 10.8. The van der Waals surface area contributed by atoms with Gasteiger partial charge in [-0.1, -0.05) is 0 Å². The first-order valence-electron chi connectivity index (χ1n) is 5.05. The molecule has 0 aliphatic carbocycles. The van der Waals surface area contributed by atoms with E-state index in [1.54, 1.807) is 0 Å². The molecule has 6 nitrogen and oxygen atoms in total. The minimum atomic E-state index is -0.879. The van der Waals surface area contributed by atoms with Crippen molar-refractivity contribution in [1.82, 2.24) is 15.3 Å². The van der Waals surface area contributed by atoms with E-state index in [2.05, 4.69) is 17.4 Å². The summed E-state index contributed by atoms with van der Waals surface area (Å²) in [7, 11) is 3.56. The van der Waals surface area contributed by atoms with Gasteiger partial charge < -0.3 is 14.7 Å². The number of hydrogen-bond donors (Lipinski definition) is 2. The van der Waals surface area contributed by atoms with Gasteiger partial charge >= 0.3 is 5.97 Å². The molecule has 0 bridgehead atoms. The van der Waals surface area contributed by atoms with Crippen LogP contribution in [-0.2, 0) is 9.53 Å². The average molecular weight is 217 g/mol. The second kappa shape index (κ2) is 6.02. The van der Waals surface area contributed by atoms with Crippen LogP contribution in [0.25, 0.3) is 0 Å². The lowest BCUT2D eigenvalue weighted by molar-refractivity contribution is -0.143. The Labute approximate surface area is 89.8 Å². The number of carboxylic acid groups (broad SMARTS) is 1. The van der Waals surface area contributed by atoms with E-state index >= 15 is 0 Å². The summed E-state index contributed by atoms with van der Waals surface area (Å²) in [5.74, 6) is -0.879. The van der Waals surface area contributed by atoms with Gasteiger partial charge in [-0.25, -0.2) is 10.4 Å². The molecule has 0 amide bonds. The highest BCUT2D eigenvalue weighted by atomic mass is 16.5. The van der Waals surface area contributed by atoms with Gasteiger partial charge in [-0.15, -0.1) is 0 Å². The van der Waals surface area contributed by atoms with Crippen LogP contribution in [0.15, 0.2) is 0 Å². The van der Waals surface area contributed by atoms with E-state index in [1.165, 1.54) is 7.11 Å². The molecule has 15 heavy (non-hydrogen) atoms. The number of nitrogens with zero attached hydrogens (tertiary/aromatic N) is 2. The van der Waals surface area contributed by atoms with Crippen LogP contribution >= 0.6 is 0 Å². The Bertz CT molecular complexity index is 205. The van der Waals surface area contributed by atoms with Crippen LogP contribution < -0.4 is 5.43 Å². The summed E-state index contributed by atoms with van der Waals surface area (Å²) in [6.45, 7) is 3.76. The fourth-order valence-electron chi connectivity index (χ4n) is 1.49. The SMILES string of the molecule is COCC(NN1CCN(C)CC1)C(=O)O. The van der Waals surface area contributed by atoms with Crippen LogP contribution in [0, 0.1) is 0 Å². The van der Waals surface area contributed by atoms with Crippen molar-refractivity contribution in [3.63, 3.8) is 0 Å². The lowest BCUT2D eigenvalue weighted by atomic mass is 10.3. The van der Waals surface area contributed by atoms with Crippen molar-refractivity contribution in [2.45, 2.75) is 6.04 Å². The van der Waals surface area contributed by atoms with E-state index in [-0.39, 0.29) is 6.61 Å². The molecule has 1 heterocycles. The zero-order chi connectivity index (χ0) is 11.3. The van der Waals surface area contributed by atoms with Gasteiger partial charge in [0.1, 0.15) is 6.04 Å². The number of piperazine rings is 1. The molecule has 1 rings (SSSR count). The molecule has 0 aromatic heterocycles. The van der Waals surface area contributed by atoms with E-state index in [1.807, 2.05) is 5.01 Å². The summed E-state index contributed by atoms with van der Waals surface area (Å²) in [5.41, 5.74) is 2.96. The number of rotatable bonds is 5. The second-order valence-corrected chi connectivity index (χ2v) is 3.77. The topological polar surface area (TPSA) is 65.0 Å². The van der Waals surface area contributed by atoms with Gasteiger partial charge in [0.25, 0.3) is 0 Å². The highest BCUT2D eigenvalue weighted by Crippen LogP contribution is 1.97. The molecular weight excluding hydrogens is 198 g/mol. The van der Waals surface area contributed by atoms with Gasteiger partial charge in [0.2, 0.25) is 0 Å². The van der Waals surface area contributed by atoms with Gasteiger partial charge in [0.05, 0.1) is 6.61 Å². The molecule has 6 heteroatoms. The summed E-state index contributed by atoms with van der Waals surface area (Å²) in [6, 6.07) is -0.654. The van der Waals surface area contributed by atoms with Crippen molar-refractivity contribution < 1.29 is 14.6 Å². The number of carbonyl (C=O) groups is 1. The smallest absolute Gasteiger partial charge is 0.324 e. The molecule has 0 aromatic rings. The number of nitrogens with one attached hydrogen (secondary N) is 1. The van der Waals surface area contributed by atoms with Crippen LogP contribution in [0.3, 0.4) is 0 Å². The Morgan fingerprint density at radius 2 is 2.07 bits per heavy atom. The molecule has 88 valence electrons. The van der Waals surface area contributed by atoms with Crippen molar-refractivity contribution >= 4 is 5.97 Å². The van der Waals surface area contributed by atoms with Crippen LogP contribution in [0.1, 0.15) is 0 Å². The Kier molecular flexibility index (Phi) is 4.97. The van der Waals surface area contributed by atoms with E-state index < -0.39 is 12.0 Å². The lowest BCUT2D eigenvalue weighted by Crippen LogP contribution is -2.56. The van der Waals surface area contributed by atoms with E-state index in [0.29, 0.717) is 0 Å². The molecule has 1 aliphatic heterocycles. The monoisotopic (exact) mass is 217 g/mol. The van der Waals surface area contributed by atoms with E-state index in [0.717, 1.165) is 26.2 Å². The van der Waals surface area contributed by atoms with Crippen LogP contribution in [0.5, 0.6) is 0 Å². The number of ether oxygens (including phenoxy) is 1. The molecule has 1 saturated heterocycles. The summed E-state index contributed by atoms with van der Waals surface area (Å²) < 4.78 is 4.85. The molecule has 1 aliphatic rings. The quantitative estimate of drug-likeness (QED) is 0.605. The van der Waals surface area contributed by atoms with Crippen molar-refractivity contribution in [1.29, 1.82) is 0 Å². The third-order valence-corrected chi connectivity index (χ3v) is 2.47. The highest BCUT2D eigenvalue weighted by Gasteiger charge is 2.22. The zero-order valence-electron chi connectivity index (χ0n) is 9.27. The number of carboxylic acids is 1. The zero-order valence-corrected chi connectivity index (χ0v) is 9.27. The fourth-order valence-corrected chi connectivity index (χ4v) is 1.49. The van der Waals surface area contributed by atoms with Crippen LogP contribution in [0.2, 0.25) is 0 Å². The largest absolute Gasteiger partial charge is 0.480 e. The number of hydrogen-bond acceptors (Lipinski definition) is 5. The first kappa shape index (κ1) is 12.4. The van der Waals surface area contributed by atoms with Gasteiger partial charge in [0.15, 0.2) is 0 Å². The van der Waals surface area contributed by atoms with Crippen LogP contribution in [-0.4, -0.2) is 74.0 Å². The Morgan fingerprint density at radius 3 is 2.53 bits per heavy atom. The number of methoxy groups -OCH3 is 1. The second-order valence-electron chi connectivity index (χ2n) is 3.77. The standard InChI is InChI=1S/C9H19N3O3/c1-11-3-5-12(6-4-11)10-8(7-15-2)9(13)14/h8,10H,3-7H2,1-2H3,(H,13,14). The molecule has 0 aromatic carbocycles. The van der Waals surface area contributed by atoms with Crippen molar-refractivity contribution in [2.75, 3.05) is 46.9 Å². The summed E-state index contributed by atoms with van der Waals surface area (Å²) >= 11 is 0. The maximum absolute atomic E-state index is 10.8. The van der Waals surface area contributed by atoms with E-state index in [4.69, 9.17) is 9.84 Å². The normalized spacial score (nSPS) is 21.5. The van der Waals surface area contributed by atoms with Crippen molar-refractivity contribution in [3.8, 4) is 0 Å². The third kappa shape index (κ3) is 4.13. The molecule has 0 radical (unpaired) electrons.